The van der Waals surface area contributed by atoms with Crippen LogP contribution in [0.4, 0.5) is 0 Å². The minimum atomic E-state index is -0.497. The molecule has 0 radical (unpaired) electrons. The second kappa shape index (κ2) is 5.29. The molecule has 0 aromatic heterocycles. The molecule has 0 saturated heterocycles. The van der Waals surface area contributed by atoms with Crippen molar-refractivity contribution < 1.29 is 4.79 Å². The molecule has 3 nitrogen and oxygen atoms in total. The number of hydrogen-bond acceptors (Lipinski definition) is 2. The van der Waals surface area contributed by atoms with Crippen LogP contribution in [-0.2, 0) is 0 Å². The van der Waals surface area contributed by atoms with Crippen molar-refractivity contribution in [2.75, 3.05) is 0 Å². The zero-order valence-electron chi connectivity index (χ0n) is 7.92. The molecule has 1 N–H and O–H groups in total. The molecule has 0 aliphatic carbocycles. The molecule has 1 aromatic rings. The van der Waals surface area contributed by atoms with E-state index in [1.807, 2.05) is 12.1 Å². The van der Waals surface area contributed by atoms with Gasteiger partial charge in [0.2, 0.25) is 0 Å². The largest absolute Gasteiger partial charge is 0.336 e. The number of nitrogens with one attached hydrogen (secondary N) is 1. The first-order valence-electron chi connectivity index (χ1n) is 4.20. The van der Waals surface area contributed by atoms with Crippen molar-refractivity contribution in [3.05, 3.63) is 32.7 Å². The van der Waals surface area contributed by atoms with E-state index in [-0.39, 0.29) is 5.91 Å². The molecule has 0 heterocycles. The molecule has 0 aliphatic heterocycles. The van der Waals surface area contributed by atoms with E-state index in [2.05, 4.69) is 37.2 Å². The third-order valence-electron chi connectivity index (χ3n) is 1.71. The number of hydrogen-bond donors (Lipinski definition) is 1. The quantitative estimate of drug-likeness (QED) is 0.906. The van der Waals surface area contributed by atoms with Gasteiger partial charge in [0.1, 0.15) is 6.04 Å². The van der Waals surface area contributed by atoms with Gasteiger partial charge in [-0.25, -0.2) is 0 Å². The Hall–Kier alpha value is -0.860. The highest BCUT2D eigenvalue weighted by molar-refractivity contribution is 9.11. The minimum Gasteiger partial charge on any atom is -0.336 e. The number of halogens is 2. The Balaban J connectivity index is 2.92. The lowest BCUT2D eigenvalue weighted by atomic mass is 10.2. The first-order chi connectivity index (χ1) is 7.04. The Morgan fingerprint density at radius 1 is 1.53 bits per heavy atom. The zero-order valence-corrected chi connectivity index (χ0v) is 11.1. The van der Waals surface area contributed by atoms with E-state index in [4.69, 9.17) is 5.26 Å². The zero-order chi connectivity index (χ0) is 11.4. The summed E-state index contributed by atoms with van der Waals surface area (Å²) in [4.78, 5) is 11.7. The molecule has 0 spiro atoms. The van der Waals surface area contributed by atoms with Crippen LogP contribution in [0.25, 0.3) is 0 Å². The molecule has 1 rings (SSSR count). The molecular formula is C10H8Br2N2O. The highest BCUT2D eigenvalue weighted by Gasteiger charge is 2.12. The number of carbonyl (C=O) groups is 1. The minimum absolute atomic E-state index is 0.266. The SMILES string of the molecule is CC(C#N)NC(=O)c1cc(Br)ccc1Br. The van der Waals surface area contributed by atoms with Gasteiger partial charge in [-0.15, -0.1) is 0 Å². The fourth-order valence-electron chi connectivity index (χ4n) is 0.978. The molecule has 78 valence electrons. The van der Waals surface area contributed by atoms with Crippen molar-refractivity contribution in [2.24, 2.45) is 0 Å². The predicted octanol–water partition coefficient (Wildman–Crippen LogP) is 2.85. The van der Waals surface area contributed by atoms with Gasteiger partial charge in [-0.1, -0.05) is 15.9 Å². The molecule has 1 unspecified atom stereocenters. The van der Waals surface area contributed by atoms with Gasteiger partial charge in [0.05, 0.1) is 11.6 Å². The van der Waals surface area contributed by atoms with Crippen molar-refractivity contribution in [1.82, 2.24) is 5.32 Å². The second-order valence-corrected chi connectivity index (χ2v) is 4.72. The lowest BCUT2D eigenvalue weighted by Crippen LogP contribution is -2.31. The lowest BCUT2D eigenvalue weighted by molar-refractivity contribution is 0.0947. The van der Waals surface area contributed by atoms with Gasteiger partial charge >= 0.3 is 0 Å². The molecular weight excluding hydrogens is 324 g/mol. The Morgan fingerprint density at radius 2 is 2.20 bits per heavy atom. The monoisotopic (exact) mass is 330 g/mol. The van der Waals surface area contributed by atoms with Crippen LogP contribution in [0.2, 0.25) is 0 Å². The molecule has 0 aliphatic rings. The maximum absolute atomic E-state index is 11.7. The molecule has 1 atom stereocenters. The lowest BCUT2D eigenvalue weighted by Gasteiger charge is -2.08. The maximum atomic E-state index is 11.7. The fraction of sp³-hybridized carbons (Fsp3) is 0.200. The first-order valence-corrected chi connectivity index (χ1v) is 5.78. The Labute approximate surface area is 105 Å². The fourth-order valence-corrected chi connectivity index (χ4v) is 1.77. The normalized spacial score (nSPS) is 11.6. The van der Waals surface area contributed by atoms with E-state index in [0.717, 1.165) is 4.47 Å². The number of nitriles is 1. The number of rotatable bonds is 2. The maximum Gasteiger partial charge on any atom is 0.253 e. The van der Waals surface area contributed by atoms with Crippen LogP contribution in [0.1, 0.15) is 17.3 Å². The summed E-state index contributed by atoms with van der Waals surface area (Å²) in [5.41, 5.74) is 0.506. The standard InChI is InChI=1S/C10H8Br2N2O/c1-6(5-13)14-10(15)8-4-7(11)2-3-9(8)12/h2-4,6H,1H3,(H,14,15). The van der Waals surface area contributed by atoms with Crippen molar-refractivity contribution >= 4 is 37.8 Å². The van der Waals surface area contributed by atoms with Crippen LogP contribution in [-0.4, -0.2) is 11.9 Å². The van der Waals surface area contributed by atoms with Crippen LogP contribution in [0.3, 0.4) is 0 Å². The summed E-state index contributed by atoms with van der Waals surface area (Å²) in [6.45, 7) is 1.63. The van der Waals surface area contributed by atoms with Gasteiger partial charge in [0, 0.05) is 8.95 Å². The Bertz CT molecular complexity index is 426. The van der Waals surface area contributed by atoms with Gasteiger partial charge in [0.15, 0.2) is 0 Å². The summed E-state index contributed by atoms with van der Waals surface area (Å²) < 4.78 is 1.52. The average molecular weight is 332 g/mol. The Morgan fingerprint density at radius 3 is 2.80 bits per heavy atom. The summed E-state index contributed by atoms with van der Waals surface area (Å²) in [6.07, 6.45) is 0. The number of benzene rings is 1. The summed E-state index contributed by atoms with van der Waals surface area (Å²) in [6, 6.07) is 6.74. The van der Waals surface area contributed by atoms with Gasteiger partial charge < -0.3 is 5.32 Å². The van der Waals surface area contributed by atoms with E-state index in [9.17, 15) is 4.79 Å². The number of carbonyl (C=O) groups excluding carboxylic acids is 1. The third kappa shape index (κ3) is 3.33. The molecule has 15 heavy (non-hydrogen) atoms. The van der Waals surface area contributed by atoms with Gasteiger partial charge in [-0.2, -0.15) is 5.26 Å². The number of nitrogens with zero attached hydrogens (tertiary/aromatic N) is 1. The van der Waals surface area contributed by atoms with Gasteiger partial charge in [0.25, 0.3) is 5.91 Å². The van der Waals surface area contributed by atoms with Crippen LogP contribution in [0.15, 0.2) is 27.1 Å². The van der Waals surface area contributed by atoms with Crippen molar-refractivity contribution in [3.63, 3.8) is 0 Å². The number of amides is 1. The van der Waals surface area contributed by atoms with Crippen molar-refractivity contribution in [1.29, 1.82) is 5.26 Å². The van der Waals surface area contributed by atoms with Gasteiger partial charge in [-0.3, -0.25) is 4.79 Å². The second-order valence-electron chi connectivity index (χ2n) is 2.95. The molecule has 1 amide bonds. The molecule has 0 saturated carbocycles. The highest BCUT2D eigenvalue weighted by atomic mass is 79.9. The smallest absolute Gasteiger partial charge is 0.253 e. The van der Waals surface area contributed by atoms with E-state index in [0.29, 0.717) is 10.0 Å². The van der Waals surface area contributed by atoms with Crippen LogP contribution >= 0.6 is 31.9 Å². The van der Waals surface area contributed by atoms with Crippen molar-refractivity contribution in [3.8, 4) is 6.07 Å². The molecule has 0 fully saturated rings. The van der Waals surface area contributed by atoms with Crippen LogP contribution < -0.4 is 5.32 Å². The average Bonchev–Trinajstić information content (AvgIpc) is 2.21. The van der Waals surface area contributed by atoms with E-state index in [1.165, 1.54) is 0 Å². The summed E-state index contributed by atoms with van der Waals surface area (Å²) >= 11 is 6.56. The van der Waals surface area contributed by atoms with Crippen LogP contribution in [0, 0.1) is 11.3 Å². The van der Waals surface area contributed by atoms with E-state index in [1.54, 1.807) is 19.1 Å². The first kappa shape index (κ1) is 12.2. The Kier molecular flexibility index (Phi) is 4.30. The molecule has 1 aromatic carbocycles. The third-order valence-corrected chi connectivity index (χ3v) is 2.90. The summed E-state index contributed by atoms with van der Waals surface area (Å²) in [5, 5.41) is 11.1. The van der Waals surface area contributed by atoms with E-state index < -0.39 is 6.04 Å². The van der Waals surface area contributed by atoms with E-state index >= 15 is 0 Å². The van der Waals surface area contributed by atoms with Crippen LogP contribution in [0.5, 0.6) is 0 Å². The van der Waals surface area contributed by atoms with Crippen molar-refractivity contribution in [2.45, 2.75) is 13.0 Å². The van der Waals surface area contributed by atoms with Gasteiger partial charge in [-0.05, 0) is 41.1 Å². The molecule has 5 heteroatoms. The summed E-state index contributed by atoms with van der Waals surface area (Å²) in [7, 11) is 0. The topological polar surface area (TPSA) is 52.9 Å². The molecule has 0 bridgehead atoms. The highest BCUT2D eigenvalue weighted by Crippen LogP contribution is 2.21. The summed E-state index contributed by atoms with van der Waals surface area (Å²) in [5.74, 6) is -0.266. The predicted molar refractivity (Wildman–Crippen MR) is 64.4 cm³/mol.